The highest BCUT2D eigenvalue weighted by Gasteiger charge is 2.61. The second kappa shape index (κ2) is 8.15. The van der Waals surface area contributed by atoms with Crippen LogP contribution in [-0.2, 0) is 0 Å². The lowest BCUT2D eigenvalue weighted by molar-refractivity contribution is -0.113. The molecular formula is C25H42O5. The lowest BCUT2D eigenvalue weighted by Gasteiger charge is -2.60. The highest BCUT2D eigenvalue weighted by Crippen LogP contribution is 2.67. The zero-order chi connectivity index (χ0) is 21.8. The van der Waals surface area contributed by atoms with Gasteiger partial charge in [0.2, 0.25) is 0 Å². The van der Waals surface area contributed by atoms with Crippen LogP contribution in [0.25, 0.3) is 0 Å². The minimum Gasteiger partial charge on any atom is -0.394 e. The highest BCUT2D eigenvalue weighted by atomic mass is 16.3. The van der Waals surface area contributed by atoms with Crippen LogP contribution in [0.5, 0.6) is 0 Å². The van der Waals surface area contributed by atoms with Gasteiger partial charge in [-0.2, -0.15) is 0 Å². The average molecular weight is 423 g/mol. The third kappa shape index (κ3) is 3.23. The minimum absolute atomic E-state index is 0.0635. The summed E-state index contributed by atoms with van der Waals surface area (Å²) < 4.78 is 0. The topological polar surface area (TPSA) is 101 Å². The van der Waals surface area contributed by atoms with Crippen LogP contribution in [0.1, 0.15) is 65.7 Å². The fourth-order valence-electron chi connectivity index (χ4n) is 8.54. The van der Waals surface area contributed by atoms with E-state index < -0.39 is 18.3 Å². The Labute approximate surface area is 181 Å². The Balaban J connectivity index is 1.60. The van der Waals surface area contributed by atoms with Gasteiger partial charge in [-0.25, -0.2) is 0 Å². The standard InChI is InChI=1S/C25H42O5/c1-14(21(28)12-26)18-6-7-19-17-5-4-16-10-15(22(29)13-27)11-23(30)25(16,3)20(17)8-9-24(18,19)2/h4,14-15,17-23,26-30H,5-13H2,1-3H3/t14?,15?,17-,18+,19-,20-,21?,22?,23?,24+,25-/m0/s1. The third-order valence-corrected chi connectivity index (χ3v) is 10.5. The second-order valence-corrected chi connectivity index (χ2v) is 11.4. The molecule has 0 bridgehead atoms. The van der Waals surface area contributed by atoms with Gasteiger partial charge in [-0.15, -0.1) is 0 Å². The summed E-state index contributed by atoms with van der Waals surface area (Å²) in [6, 6.07) is 0. The second-order valence-electron chi connectivity index (χ2n) is 11.4. The Morgan fingerprint density at radius 1 is 1.07 bits per heavy atom. The first kappa shape index (κ1) is 22.7. The number of allylic oxidation sites excluding steroid dienone is 1. The lowest BCUT2D eigenvalue weighted by atomic mass is 9.45. The summed E-state index contributed by atoms with van der Waals surface area (Å²) in [6.07, 6.45) is 7.34. The summed E-state index contributed by atoms with van der Waals surface area (Å²) in [5, 5.41) is 50.6. The van der Waals surface area contributed by atoms with E-state index in [2.05, 4.69) is 26.8 Å². The van der Waals surface area contributed by atoms with E-state index in [1.165, 1.54) is 12.0 Å². The molecule has 3 fully saturated rings. The van der Waals surface area contributed by atoms with Crippen LogP contribution in [-0.4, -0.2) is 57.1 Å². The SMILES string of the molecule is CC(C(O)CO)[C@H]1CC[C@H]2[C@@H]3CC=C4CC(C(O)CO)CC(O)[C@]4(C)[C@H]3CC[C@]12C. The maximum absolute atomic E-state index is 11.3. The first-order chi connectivity index (χ1) is 14.2. The van der Waals surface area contributed by atoms with E-state index >= 15 is 0 Å². The Morgan fingerprint density at radius 2 is 1.80 bits per heavy atom. The number of hydrogen-bond donors (Lipinski definition) is 5. The fourth-order valence-corrected chi connectivity index (χ4v) is 8.54. The Morgan fingerprint density at radius 3 is 2.47 bits per heavy atom. The molecule has 0 aliphatic heterocycles. The quantitative estimate of drug-likeness (QED) is 0.438. The molecule has 0 aromatic heterocycles. The van der Waals surface area contributed by atoms with Crippen LogP contribution in [0.2, 0.25) is 0 Å². The van der Waals surface area contributed by atoms with E-state index in [0.29, 0.717) is 30.1 Å². The number of hydrogen-bond acceptors (Lipinski definition) is 5. The first-order valence-corrected chi connectivity index (χ1v) is 12.1. The van der Waals surface area contributed by atoms with Gasteiger partial charge in [0.15, 0.2) is 0 Å². The van der Waals surface area contributed by atoms with Gasteiger partial charge in [0, 0.05) is 5.41 Å². The zero-order valence-electron chi connectivity index (χ0n) is 18.9. The molecule has 11 atom stereocenters. The summed E-state index contributed by atoms with van der Waals surface area (Å²) in [5.41, 5.74) is 1.25. The van der Waals surface area contributed by atoms with Crippen molar-refractivity contribution >= 4 is 0 Å². The van der Waals surface area contributed by atoms with E-state index in [1.54, 1.807) is 0 Å². The molecule has 4 aliphatic rings. The van der Waals surface area contributed by atoms with Crippen LogP contribution in [0.4, 0.5) is 0 Å². The van der Waals surface area contributed by atoms with E-state index in [-0.39, 0.29) is 35.9 Å². The molecule has 0 amide bonds. The molecule has 0 radical (unpaired) electrons. The largest absolute Gasteiger partial charge is 0.394 e. The van der Waals surface area contributed by atoms with Crippen molar-refractivity contribution in [2.75, 3.05) is 13.2 Å². The van der Waals surface area contributed by atoms with E-state index in [0.717, 1.165) is 32.1 Å². The van der Waals surface area contributed by atoms with E-state index in [4.69, 9.17) is 0 Å². The van der Waals surface area contributed by atoms with Crippen molar-refractivity contribution in [3.8, 4) is 0 Å². The monoisotopic (exact) mass is 422 g/mol. The number of fused-ring (bicyclic) bond motifs is 5. The summed E-state index contributed by atoms with van der Waals surface area (Å²) >= 11 is 0. The predicted octanol–water partition coefficient (Wildman–Crippen LogP) is 2.49. The molecule has 3 saturated carbocycles. The smallest absolute Gasteiger partial charge is 0.0803 e. The maximum Gasteiger partial charge on any atom is 0.0803 e. The Kier molecular flexibility index (Phi) is 6.17. The van der Waals surface area contributed by atoms with Crippen molar-refractivity contribution in [1.82, 2.24) is 0 Å². The van der Waals surface area contributed by atoms with Crippen molar-refractivity contribution in [2.24, 2.45) is 46.3 Å². The van der Waals surface area contributed by atoms with Crippen LogP contribution < -0.4 is 0 Å². The average Bonchev–Trinajstić information content (AvgIpc) is 3.09. The molecule has 5 nitrogen and oxygen atoms in total. The van der Waals surface area contributed by atoms with Gasteiger partial charge < -0.3 is 25.5 Å². The number of aliphatic hydroxyl groups is 5. The molecule has 30 heavy (non-hydrogen) atoms. The summed E-state index contributed by atoms with van der Waals surface area (Å²) in [5.74, 6) is 2.07. The molecule has 5 N–H and O–H groups in total. The Bertz CT molecular complexity index is 664. The van der Waals surface area contributed by atoms with Gasteiger partial charge in [-0.05, 0) is 85.9 Å². The van der Waals surface area contributed by atoms with Gasteiger partial charge in [0.25, 0.3) is 0 Å². The van der Waals surface area contributed by atoms with E-state index in [1.807, 2.05) is 0 Å². The molecule has 4 rings (SSSR count). The Hall–Kier alpha value is -0.460. The van der Waals surface area contributed by atoms with Crippen LogP contribution in [0, 0.1) is 46.3 Å². The highest BCUT2D eigenvalue weighted by molar-refractivity contribution is 5.27. The number of aliphatic hydroxyl groups excluding tert-OH is 5. The van der Waals surface area contributed by atoms with Crippen molar-refractivity contribution < 1.29 is 25.5 Å². The summed E-state index contributed by atoms with van der Waals surface area (Å²) in [6.45, 7) is 6.35. The fraction of sp³-hybridized carbons (Fsp3) is 0.920. The number of rotatable bonds is 5. The molecule has 172 valence electrons. The van der Waals surface area contributed by atoms with Crippen LogP contribution in [0.15, 0.2) is 11.6 Å². The minimum atomic E-state index is -0.757. The lowest BCUT2D eigenvalue weighted by Crippen LogP contribution is -2.56. The van der Waals surface area contributed by atoms with Gasteiger partial charge in [-0.1, -0.05) is 32.4 Å². The van der Waals surface area contributed by atoms with Crippen molar-refractivity contribution in [3.63, 3.8) is 0 Å². The molecule has 0 aromatic rings. The molecule has 5 unspecified atom stereocenters. The summed E-state index contributed by atoms with van der Waals surface area (Å²) in [4.78, 5) is 0. The molecule has 0 saturated heterocycles. The third-order valence-electron chi connectivity index (χ3n) is 10.5. The zero-order valence-corrected chi connectivity index (χ0v) is 18.9. The van der Waals surface area contributed by atoms with Crippen molar-refractivity contribution in [3.05, 3.63) is 11.6 Å². The van der Waals surface area contributed by atoms with Crippen molar-refractivity contribution in [1.29, 1.82) is 0 Å². The molecule has 4 aliphatic carbocycles. The van der Waals surface area contributed by atoms with E-state index in [9.17, 15) is 25.5 Å². The molecule has 0 spiro atoms. The van der Waals surface area contributed by atoms with Crippen molar-refractivity contribution in [2.45, 2.75) is 84.0 Å². The molecule has 5 heteroatoms. The molecular weight excluding hydrogens is 380 g/mol. The van der Waals surface area contributed by atoms with Gasteiger partial charge in [0.05, 0.1) is 31.5 Å². The maximum atomic E-state index is 11.3. The van der Waals surface area contributed by atoms with Crippen LogP contribution >= 0.6 is 0 Å². The van der Waals surface area contributed by atoms with Gasteiger partial charge >= 0.3 is 0 Å². The predicted molar refractivity (Wildman–Crippen MR) is 115 cm³/mol. The van der Waals surface area contributed by atoms with Gasteiger partial charge in [-0.3, -0.25) is 0 Å². The molecule has 0 aromatic carbocycles. The summed E-state index contributed by atoms with van der Waals surface area (Å²) in [7, 11) is 0. The van der Waals surface area contributed by atoms with Gasteiger partial charge in [0.1, 0.15) is 0 Å². The molecule has 0 heterocycles. The normalized spacial score (nSPS) is 48.7. The van der Waals surface area contributed by atoms with Crippen LogP contribution in [0.3, 0.4) is 0 Å². The first-order valence-electron chi connectivity index (χ1n) is 12.1.